The Morgan fingerprint density at radius 1 is 1.19 bits per heavy atom. The summed E-state index contributed by atoms with van der Waals surface area (Å²) in [6.45, 7) is 7.17. The minimum absolute atomic E-state index is 0.220. The first-order chi connectivity index (χ1) is 9.97. The van der Waals surface area contributed by atoms with E-state index in [-0.39, 0.29) is 12.0 Å². The van der Waals surface area contributed by atoms with Gasteiger partial charge in [0, 0.05) is 24.2 Å². The first-order valence-corrected chi connectivity index (χ1v) is 8.12. The Labute approximate surface area is 128 Å². The van der Waals surface area contributed by atoms with Gasteiger partial charge in [0.15, 0.2) is 0 Å². The van der Waals surface area contributed by atoms with E-state index in [1.807, 2.05) is 29.2 Å². The molecule has 1 aliphatic carbocycles. The molecule has 1 fully saturated rings. The lowest BCUT2D eigenvalue weighted by Crippen LogP contribution is -2.41. The minimum Gasteiger partial charge on any atom is -0.399 e. The maximum Gasteiger partial charge on any atom is 0.226 e. The van der Waals surface area contributed by atoms with Crippen LogP contribution in [-0.4, -0.2) is 16.8 Å². The van der Waals surface area contributed by atoms with Crippen molar-refractivity contribution in [3.8, 4) is 0 Å². The molecule has 2 rings (SSSR count). The van der Waals surface area contributed by atoms with E-state index in [1.165, 1.54) is 12.8 Å². The third-order valence-corrected chi connectivity index (χ3v) is 4.60. The Balaban J connectivity index is 2.04. The van der Waals surface area contributed by atoms with Crippen molar-refractivity contribution < 1.29 is 4.79 Å². The van der Waals surface area contributed by atoms with E-state index >= 15 is 0 Å². The molecule has 0 atom stereocenters. The van der Waals surface area contributed by atoms with Crippen molar-refractivity contribution in [3.63, 3.8) is 0 Å². The molecular formula is C18H28N2O. The molecule has 1 aliphatic rings. The molecule has 2 N–H and O–H groups in total. The monoisotopic (exact) mass is 288 g/mol. The summed E-state index contributed by atoms with van der Waals surface area (Å²) in [4.78, 5) is 14.8. The summed E-state index contributed by atoms with van der Waals surface area (Å²) in [6, 6.07) is 8.07. The fraction of sp³-hybridized carbons (Fsp3) is 0.611. The Morgan fingerprint density at radius 2 is 1.76 bits per heavy atom. The van der Waals surface area contributed by atoms with Crippen LogP contribution >= 0.6 is 0 Å². The number of nitrogens with two attached hydrogens (primary N) is 1. The van der Waals surface area contributed by atoms with E-state index in [0.717, 1.165) is 30.0 Å². The summed E-state index contributed by atoms with van der Waals surface area (Å²) in [5, 5.41) is 0. The molecule has 0 heterocycles. The van der Waals surface area contributed by atoms with Crippen LogP contribution in [-0.2, 0) is 11.3 Å². The van der Waals surface area contributed by atoms with Crippen LogP contribution in [0.5, 0.6) is 0 Å². The van der Waals surface area contributed by atoms with Crippen molar-refractivity contribution in [1.82, 2.24) is 4.90 Å². The van der Waals surface area contributed by atoms with Gasteiger partial charge in [-0.25, -0.2) is 0 Å². The Morgan fingerprint density at radius 3 is 2.29 bits per heavy atom. The summed E-state index contributed by atoms with van der Waals surface area (Å²) in [6.07, 6.45) is 4.46. The van der Waals surface area contributed by atoms with Crippen LogP contribution in [0.4, 0.5) is 5.69 Å². The van der Waals surface area contributed by atoms with Crippen molar-refractivity contribution >= 4 is 11.6 Å². The second kappa shape index (κ2) is 6.97. The zero-order valence-corrected chi connectivity index (χ0v) is 13.5. The Kier molecular flexibility index (Phi) is 5.27. The number of hydrogen-bond donors (Lipinski definition) is 1. The molecule has 0 unspecified atom stereocenters. The maximum absolute atomic E-state index is 12.8. The number of nitrogens with zero attached hydrogens (tertiary/aromatic N) is 1. The van der Waals surface area contributed by atoms with E-state index in [2.05, 4.69) is 20.8 Å². The molecule has 0 bridgehead atoms. The fourth-order valence-electron chi connectivity index (χ4n) is 3.08. The second-order valence-corrected chi connectivity index (χ2v) is 6.76. The van der Waals surface area contributed by atoms with Gasteiger partial charge in [0.25, 0.3) is 0 Å². The van der Waals surface area contributed by atoms with Gasteiger partial charge in [-0.1, -0.05) is 19.1 Å². The van der Waals surface area contributed by atoms with E-state index in [9.17, 15) is 4.79 Å². The highest BCUT2D eigenvalue weighted by Gasteiger charge is 2.29. The first-order valence-electron chi connectivity index (χ1n) is 8.12. The molecule has 3 nitrogen and oxygen atoms in total. The van der Waals surface area contributed by atoms with Crippen LogP contribution in [0.25, 0.3) is 0 Å². The van der Waals surface area contributed by atoms with E-state index < -0.39 is 0 Å². The van der Waals surface area contributed by atoms with Crippen LogP contribution in [0.3, 0.4) is 0 Å². The van der Waals surface area contributed by atoms with Crippen molar-refractivity contribution in [2.45, 2.75) is 59.0 Å². The molecule has 0 saturated heterocycles. The van der Waals surface area contributed by atoms with Gasteiger partial charge in [-0.2, -0.15) is 0 Å². The van der Waals surface area contributed by atoms with Gasteiger partial charge in [0.2, 0.25) is 5.91 Å². The van der Waals surface area contributed by atoms with E-state index in [4.69, 9.17) is 5.73 Å². The Hall–Kier alpha value is -1.51. The van der Waals surface area contributed by atoms with Gasteiger partial charge in [-0.15, -0.1) is 0 Å². The second-order valence-electron chi connectivity index (χ2n) is 6.76. The molecule has 0 radical (unpaired) electrons. The highest BCUT2D eigenvalue weighted by molar-refractivity contribution is 5.79. The SMILES string of the molecule is CC1CCC(C(=O)N(Cc2ccc(N)cc2)C(C)C)CC1. The number of carbonyl (C=O) groups excluding carboxylic acids is 1. The Bertz CT molecular complexity index is 459. The van der Waals surface area contributed by atoms with Crippen LogP contribution < -0.4 is 5.73 Å². The zero-order valence-electron chi connectivity index (χ0n) is 13.5. The van der Waals surface area contributed by atoms with Crippen LogP contribution in [0.2, 0.25) is 0 Å². The van der Waals surface area contributed by atoms with Gasteiger partial charge in [-0.3, -0.25) is 4.79 Å². The van der Waals surface area contributed by atoms with Gasteiger partial charge in [-0.05, 0) is 63.1 Å². The third-order valence-electron chi connectivity index (χ3n) is 4.60. The molecule has 21 heavy (non-hydrogen) atoms. The molecule has 116 valence electrons. The van der Waals surface area contributed by atoms with Crippen LogP contribution in [0.15, 0.2) is 24.3 Å². The lowest BCUT2D eigenvalue weighted by molar-refractivity contribution is -0.139. The number of carbonyl (C=O) groups is 1. The number of anilines is 1. The highest BCUT2D eigenvalue weighted by Crippen LogP contribution is 2.30. The molecular weight excluding hydrogens is 260 g/mol. The largest absolute Gasteiger partial charge is 0.399 e. The summed E-state index contributed by atoms with van der Waals surface area (Å²) in [5.41, 5.74) is 7.64. The molecule has 1 aromatic carbocycles. The molecule has 0 spiro atoms. The molecule has 3 heteroatoms. The van der Waals surface area contributed by atoms with Crippen molar-refractivity contribution in [2.75, 3.05) is 5.73 Å². The van der Waals surface area contributed by atoms with Crippen molar-refractivity contribution in [1.29, 1.82) is 0 Å². The number of amides is 1. The molecule has 0 aromatic heterocycles. The summed E-state index contributed by atoms with van der Waals surface area (Å²) in [5.74, 6) is 1.32. The van der Waals surface area contributed by atoms with Gasteiger partial charge in [0.05, 0.1) is 0 Å². The summed E-state index contributed by atoms with van der Waals surface area (Å²) < 4.78 is 0. The smallest absolute Gasteiger partial charge is 0.226 e. The highest BCUT2D eigenvalue weighted by atomic mass is 16.2. The van der Waals surface area contributed by atoms with E-state index in [0.29, 0.717) is 12.5 Å². The van der Waals surface area contributed by atoms with Crippen LogP contribution in [0, 0.1) is 11.8 Å². The topological polar surface area (TPSA) is 46.3 Å². The lowest BCUT2D eigenvalue weighted by atomic mass is 9.82. The number of rotatable bonds is 4. The van der Waals surface area contributed by atoms with Crippen molar-refractivity contribution in [2.24, 2.45) is 11.8 Å². The molecule has 0 aliphatic heterocycles. The number of benzene rings is 1. The quantitative estimate of drug-likeness (QED) is 0.856. The van der Waals surface area contributed by atoms with Gasteiger partial charge < -0.3 is 10.6 Å². The van der Waals surface area contributed by atoms with Crippen LogP contribution in [0.1, 0.15) is 52.0 Å². The average molecular weight is 288 g/mol. The fourth-order valence-corrected chi connectivity index (χ4v) is 3.08. The molecule has 1 saturated carbocycles. The number of hydrogen-bond acceptors (Lipinski definition) is 2. The predicted molar refractivity (Wildman–Crippen MR) is 87.7 cm³/mol. The lowest BCUT2D eigenvalue weighted by Gasteiger charge is -2.33. The normalized spacial score (nSPS) is 22.3. The summed E-state index contributed by atoms with van der Waals surface area (Å²) in [7, 11) is 0. The molecule has 1 aromatic rings. The summed E-state index contributed by atoms with van der Waals surface area (Å²) >= 11 is 0. The standard InChI is InChI=1S/C18H28N2O/c1-13(2)20(12-15-6-10-17(19)11-7-15)18(21)16-8-4-14(3)5-9-16/h6-7,10-11,13-14,16H,4-5,8-9,12,19H2,1-3H3. The maximum atomic E-state index is 12.8. The minimum atomic E-state index is 0.220. The third kappa shape index (κ3) is 4.23. The van der Waals surface area contributed by atoms with E-state index in [1.54, 1.807) is 0 Å². The van der Waals surface area contributed by atoms with Gasteiger partial charge in [0.1, 0.15) is 0 Å². The predicted octanol–water partition coefficient (Wildman–Crippen LogP) is 3.83. The number of nitrogen functional groups attached to an aromatic ring is 1. The zero-order chi connectivity index (χ0) is 15.4. The first kappa shape index (κ1) is 15.9. The molecule has 1 amide bonds. The van der Waals surface area contributed by atoms with Crippen molar-refractivity contribution in [3.05, 3.63) is 29.8 Å². The average Bonchev–Trinajstić information content (AvgIpc) is 2.46. The van der Waals surface area contributed by atoms with Gasteiger partial charge >= 0.3 is 0 Å².